The molecule has 0 aliphatic carbocycles. The maximum atomic E-state index is 11.7. The smallest absolute Gasteiger partial charge is 0.245 e. The number of hydrogen-bond donors (Lipinski definition) is 1. The highest BCUT2D eigenvalue weighted by Crippen LogP contribution is 2.03. The van der Waals surface area contributed by atoms with E-state index < -0.39 is 0 Å². The molecule has 0 fully saturated rings. The van der Waals surface area contributed by atoms with Crippen molar-refractivity contribution >= 4 is 12.1 Å². The minimum Gasteiger partial charge on any atom is -0.354 e. The summed E-state index contributed by atoms with van der Waals surface area (Å²) in [5.41, 5.74) is 5.77. The highest BCUT2D eigenvalue weighted by atomic mass is 16.2. The predicted octanol–water partition coefficient (Wildman–Crippen LogP) is 2.28. The van der Waals surface area contributed by atoms with E-state index in [1.807, 2.05) is 42.1 Å². The Kier molecular flexibility index (Phi) is 4.71. The quantitative estimate of drug-likeness (QED) is 0.657. The lowest BCUT2D eigenvalue weighted by atomic mass is 10.1. The molecule has 0 aliphatic heterocycles. The summed E-state index contributed by atoms with van der Waals surface area (Å²) in [6.07, 6.45) is 4.92. The fourth-order valence-electron chi connectivity index (χ4n) is 1.90. The molecule has 1 aromatic carbocycles. The Morgan fingerprint density at radius 1 is 1.30 bits per heavy atom. The van der Waals surface area contributed by atoms with Crippen molar-refractivity contribution in [1.82, 2.24) is 9.99 Å². The molecule has 0 radical (unpaired) electrons. The lowest BCUT2D eigenvalue weighted by molar-refractivity contribution is -0.120. The molecule has 4 nitrogen and oxygen atoms in total. The van der Waals surface area contributed by atoms with Gasteiger partial charge < -0.3 is 4.57 Å². The molecule has 0 aliphatic rings. The molecule has 0 bridgehead atoms. The monoisotopic (exact) mass is 269 g/mol. The maximum absolute atomic E-state index is 11.7. The van der Waals surface area contributed by atoms with E-state index in [0.717, 1.165) is 17.7 Å². The molecule has 1 heterocycles. The first-order valence-corrected chi connectivity index (χ1v) is 6.70. The Morgan fingerprint density at radius 2 is 2.05 bits per heavy atom. The molecule has 0 saturated heterocycles. The molecule has 2 rings (SSSR count). The van der Waals surface area contributed by atoms with Crippen molar-refractivity contribution in [3.63, 3.8) is 0 Å². The van der Waals surface area contributed by atoms with Gasteiger partial charge in [0.1, 0.15) is 0 Å². The number of amides is 1. The van der Waals surface area contributed by atoms with Gasteiger partial charge in [0.05, 0.1) is 12.6 Å². The fraction of sp³-hybridized carbons (Fsp3) is 0.250. The van der Waals surface area contributed by atoms with Gasteiger partial charge in [-0.05, 0) is 29.7 Å². The van der Waals surface area contributed by atoms with Crippen LogP contribution in [0.1, 0.15) is 23.7 Å². The van der Waals surface area contributed by atoms with Crippen molar-refractivity contribution in [2.75, 3.05) is 0 Å². The highest BCUT2D eigenvalue weighted by molar-refractivity contribution is 5.83. The molecule has 2 aromatic rings. The van der Waals surface area contributed by atoms with Crippen molar-refractivity contribution in [3.05, 3.63) is 59.4 Å². The first-order valence-electron chi connectivity index (χ1n) is 6.70. The van der Waals surface area contributed by atoms with Gasteiger partial charge in [0.25, 0.3) is 0 Å². The number of carbonyl (C=O) groups excluding carboxylic acids is 1. The van der Waals surface area contributed by atoms with Crippen LogP contribution in [-0.4, -0.2) is 16.7 Å². The number of rotatable bonds is 5. The van der Waals surface area contributed by atoms with Crippen molar-refractivity contribution in [3.8, 4) is 0 Å². The van der Waals surface area contributed by atoms with E-state index in [-0.39, 0.29) is 5.91 Å². The van der Waals surface area contributed by atoms with Gasteiger partial charge in [-0.3, -0.25) is 4.79 Å². The van der Waals surface area contributed by atoms with E-state index in [9.17, 15) is 4.79 Å². The van der Waals surface area contributed by atoms with Gasteiger partial charge in [0.15, 0.2) is 0 Å². The molecule has 0 spiro atoms. The molecule has 1 amide bonds. The Balaban J connectivity index is 1.86. The highest BCUT2D eigenvalue weighted by Gasteiger charge is 2.04. The number of carbonyl (C=O) groups is 1. The number of nitrogens with zero attached hydrogens (tertiary/aromatic N) is 2. The van der Waals surface area contributed by atoms with Crippen LogP contribution in [0.5, 0.6) is 0 Å². The average Bonchev–Trinajstić information content (AvgIpc) is 2.85. The normalized spacial score (nSPS) is 10.9. The van der Waals surface area contributed by atoms with E-state index >= 15 is 0 Å². The van der Waals surface area contributed by atoms with Crippen LogP contribution in [0.2, 0.25) is 0 Å². The second-order valence-electron chi connectivity index (χ2n) is 4.68. The largest absolute Gasteiger partial charge is 0.354 e. The Morgan fingerprint density at radius 3 is 2.65 bits per heavy atom. The molecular weight excluding hydrogens is 250 g/mol. The van der Waals surface area contributed by atoms with Gasteiger partial charge in [-0.2, -0.15) is 5.10 Å². The van der Waals surface area contributed by atoms with E-state index in [4.69, 9.17) is 0 Å². The fourth-order valence-corrected chi connectivity index (χ4v) is 1.90. The zero-order chi connectivity index (χ0) is 14.4. The number of benzene rings is 1. The summed E-state index contributed by atoms with van der Waals surface area (Å²) in [7, 11) is 1.92. The number of nitrogens with one attached hydrogen (secondary N) is 1. The molecule has 20 heavy (non-hydrogen) atoms. The van der Waals surface area contributed by atoms with Gasteiger partial charge in [0.2, 0.25) is 5.91 Å². The molecule has 0 atom stereocenters. The third-order valence-electron chi connectivity index (χ3n) is 3.18. The maximum Gasteiger partial charge on any atom is 0.245 e. The first-order chi connectivity index (χ1) is 9.69. The van der Waals surface area contributed by atoms with E-state index in [2.05, 4.69) is 29.6 Å². The van der Waals surface area contributed by atoms with Gasteiger partial charge >= 0.3 is 0 Å². The van der Waals surface area contributed by atoms with Crippen LogP contribution >= 0.6 is 0 Å². The number of hydrazone groups is 1. The molecule has 0 saturated carbocycles. The van der Waals surface area contributed by atoms with Crippen LogP contribution in [0, 0.1) is 0 Å². The van der Waals surface area contributed by atoms with Crippen molar-refractivity contribution in [2.45, 2.75) is 19.8 Å². The van der Waals surface area contributed by atoms with E-state index in [0.29, 0.717) is 6.42 Å². The van der Waals surface area contributed by atoms with Crippen LogP contribution in [0.3, 0.4) is 0 Å². The van der Waals surface area contributed by atoms with Gasteiger partial charge in [-0.25, -0.2) is 5.43 Å². The summed E-state index contributed by atoms with van der Waals surface area (Å²) < 4.78 is 1.92. The summed E-state index contributed by atoms with van der Waals surface area (Å²) in [5, 5.41) is 3.97. The van der Waals surface area contributed by atoms with Crippen LogP contribution < -0.4 is 5.43 Å². The summed E-state index contributed by atoms with van der Waals surface area (Å²) >= 11 is 0. The first kappa shape index (κ1) is 14.1. The topological polar surface area (TPSA) is 46.4 Å². The molecule has 1 aromatic heterocycles. The van der Waals surface area contributed by atoms with Crippen LogP contribution in [-0.2, 0) is 24.7 Å². The van der Waals surface area contributed by atoms with Gasteiger partial charge in [0, 0.05) is 18.9 Å². The molecule has 104 valence electrons. The summed E-state index contributed by atoms with van der Waals surface area (Å²) in [6.45, 7) is 2.12. The third kappa shape index (κ3) is 3.82. The predicted molar refractivity (Wildman–Crippen MR) is 80.7 cm³/mol. The SMILES string of the molecule is CCc1ccc(/C=N/NC(=O)Cc2cccn2C)cc1. The Bertz CT molecular complexity index is 596. The Hall–Kier alpha value is -2.36. The zero-order valence-electron chi connectivity index (χ0n) is 11.8. The number of aryl methyl sites for hydroxylation is 2. The van der Waals surface area contributed by atoms with Gasteiger partial charge in [-0.15, -0.1) is 0 Å². The second kappa shape index (κ2) is 6.70. The minimum atomic E-state index is -0.117. The Labute approximate surface area is 119 Å². The minimum absolute atomic E-state index is 0.117. The zero-order valence-corrected chi connectivity index (χ0v) is 11.8. The van der Waals surface area contributed by atoms with Crippen molar-refractivity contribution in [2.24, 2.45) is 12.1 Å². The molecule has 0 unspecified atom stereocenters. The van der Waals surface area contributed by atoms with Crippen LogP contribution in [0.15, 0.2) is 47.7 Å². The van der Waals surface area contributed by atoms with Crippen molar-refractivity contribution in [1.29, 1.82) is 0 Å². The molecular formula is C16H19N3O. The van der Waals surface area contributed by atoms with Gasteiger partial charge in [-0.1, -0.05) is 31.2 Å². The van der Waals surface area contributed by atoms with E-state index in [1.165, 1.54) is 5.56 Å². The summed E-state index contributed by atoms with van der Waals surface area (Å²) in [5.74, 6) is -0.117. The lowest BCUT2D eigenvalue weighted by Gasteiger charge is -2.02. The lowest BCUT2D eigenvalue weighted by Crippen LogP contribution is -2.20. The van der Waals surface area contributed by atoms with E-state index in [1.54, 1.807) is 6.21 Å². The second-order valence-corrected chi connectivity index (χ2v) is 4.68. The molecule has 1 N–H and O–H groups in total. The van der Waals surface area contributed by atoms with Crippen LogP contribution in [0.4, 0.5) is 0 Å². The number of aromatic nitrogens is 1. The standard InChI is InChI=1S/C16H19N3O/c1-3-13-6-8-14(9-7-13)12-17-18-16(20)11-15-5-4-10-19(15)2/h4-10,12H,3,11H2,1-2H3,(H,18,20)/b17-12+. The summed E-state index contributed by atoms with van der Waals surface area (Å²) in [4.78, 5) is 11.7. The molecule has 4 heteroatoms. The third-order valence-corrected chi connectivity index (χ3v) is 3.18. The summed E-state index contributed by atoms with van der Waals surface area (Å²) in [6, 6.07) is 11.9. The number of hydrogen-bond acceptors (Lipinski definition) is 2. The average molecular weight is 269 g/mol. The van der Waals surface area contributed by atoms with Crippen LogP contribution in [0.25, 0.3) is 0 Å². The van der Waals surface area contributed by atoms with Crippen molar-refractivity contribution < 1.29 is 4.79 Å².